The van der Waals surface area contributed by atoms with Gasteiger partial charge >= 0.3 is 0 Å². The van der Waals surface area contributed by atoms with Crippen molar-refractivity contribution < 1.29 is 9.21 Å². The van der Waals surface area contributed by atoms with E-state index in [1.54, 1.807) is 23.9 Å². The topological polar surface area (TPSA) is 91.8 Å². The highest BCUT2D eigenvalue weighted by atomic mass is 35.5. The Labute approximate surface area is 140 Å². The summed E-state index contributed by atoms with van der Waals surface area (Å²) in [5, 5.41) is 19.8. The molecule has 2 rings (SSSR count). The van der Waals surface area contributed by atoms with Gasteiger partial charge in [-0.05, 0) is 24.5 Å². The van der Waals surface area contributed by atoms with Gasteiger partial charge in [0.1, 0.15) is 6.07 Å². The second kappa shape index (κ2) is 8.08. The molecule has 1 aromatic heterocycles. The first kappa shape index (κ1) is 16.7. The number of nitriles is 1. The number of rotatable bonds is 6. The number of aromatic nitrogens is 2. The lowest BCUT2D eigenvalue weighted by atomic mass is 10.2. The largest absolute Gasteiger partial charge is 0.415 e. The van der Waals surface area contributed by atoms with Crippen molar-refractivity contribution in [2.75, 3.05) is 17.3 Å². The highest BCUT2D eigenvalue weighted by Gasteiger charge is 2.10. The molecule has 0 saturated carbocycles. The average molecular weight is 355 g/mol. The van der Waals surface area contributed by atoms with E-state index in [9.17, 15) is 4.79 Å². The Morgan fingerprint density at radius 3 is 3.00 bits per heavy atom. The van der Waals surface area contributed by atoms with Crippen molar-refractivity contribution in [3.05, 3.63) is 34.7 Å². The number of nitrogens with one attached hydrogen (secondary N) is 1. The minimum atomic E-state index is -0.226. The molecule has 0 aliphatic carbocycles. The van der Waals surface area contributed by atoms with Crippen LogP contribution >= 0.6 is 35.1 Å². The molecule has 1 amide bonds. The van der Waals surface area contributed by atoms with E-state index in [2.05, 4.69) is 15.5 Å². The third-order valence-corrected chi connectivity index (χ3v) is 4.08. The molecule has 0 aliphatic heterocycles. The van der Waals surface area contributed by atoms with Crippen LogP contribution in [0.4, 0.5) is 5.69 Å². The number of benzene rings is 1. The van der Waals surface area contributed by atoms with E-state index in [-0.39, 0.29) is 11.7 Å². The first-order valence-electron chi connectivity index (χ1n) is 6.06. The molecule has 1 heterocycles. The molecule has 0 saturated heterocycles. The minimum Gasteiger partial charge on any atom is -0.415 e. The van der Waals surface area contributed by atoms with Crippen molar-refractivity contribution in [2.45, 2.75) is 11.0 Å². The summed E-state index contributed by atoms with van der Waals surface area (Å²) in [6, 6.07) is 6.67. The third kappa shape index (κ3) is 4.66. The summed E-state index contributed by atoms with van der Waals surface area (Å²) >= 11 is 8.64. The summed E-state index contributed by atoms with van der Waals surface area (Å²) in [5.41, 5.74) is 0.893. The molecule has 114 valence electrons. The van der Waals surface area contributed by atoms with Gasteiger partial charge < -0.3 is 9.73 Å². The van der Waals surface area contributed by atoms with Crippen molar-refractivity contribution in [3.8, 4) is 6.07 Å². The fourth-order valence-corrected chi connectivity index (χ4v) is 2.65. The summed E-state index contributed by atoms with van der Waals surface area (Å²) < 4.78 is 5.36. The third-order valence-electron chi connectivity index (χ3n) is 2.42. The first-order chi connectivity index (χ1) is 10.6. The van der Waals surface area contributed by atoms with E-state index in [0.717, 1.165) is 11.8 Å². The maximum atomic E-state index is 11.9. The summed E-state index contributed by atoms with van der Waals surface area (Å²) in [7, 11) is 0. The van der Waals surface area contributed by atoms with Gasteiger partial charge in [-0.1, -0.05) is 23.4 Å². The lowest BCUT2D eigenvalue weighted by molar-refractivity contribution is -0.113. The maximum absolute atomic E-state index is 11.9. The van der Waals surface area contributed by atoms with E-state index in [1.807, 2.05) is 12.3 Å². The fourth-order valence-electron chi connectivity index (χ4n) is 1.49. The Hall–Kier alpha value is -1.69. The molecule has 0 fully saturated rings. The normalized spacial score (nSPS) is 10.2. The molecular weight excluding hydrogens is 344 g/mol. The van der Waals surface area contributed by atoms with Gasteiger partial charge in [0.2, 0.25) is 11.8 Å². The molecule has 0 aliphatic rings. The number of hydrogen-bond donors (Lipinski definition) is 1. The average Bonchev–Trinajstić information content (AvgIpc) is 2.93. The van der Waals surface area contributed by atoms with Gasteiger partial charge in [0, 0.05) is 5.69 Å². The number of carbonyl (C=O) groups excluding carboxylic acids is 1. The summed E-state index contributed by atoms with van der Waals surface area (Å²) in [6.45, 7) is 0. The van der Waals surface area contributed by atoms with Gasteiger partial charge in [-0.15, -0.1) is 10.2 Å². The Balaban J connectivity index is 1.87. The van der Waals surface area contributed by atoms with Gasteiger partial charge in [0.05, 0.1) is 22.1 Å². The predicted molar refractivity (Wildman–Crippen MR) is 87.0 cm³/mol. The summed E-state index contributed by atoms with van der Waals surface area (Å²) in [4.78, 5) is 11.9. The van der Waals surface area contributed by atoms with Crippen LogP contribution in [0.15, 0.2) is 27.8 Å². The Morgan fingerprint density at radius 2 is 2.32 bits per heavy atom. The molecule has 1 aromatic carbocycles. The molecule has 9 heteroatoms. The lowest BCUT2D eigenvalue weighted by Crippen LogP contribution is -2.14. The van der Waals surface area contributed by atoms with Gasteiger partial charge in [0.25, 0.3) is 5.22 Å². The number of anilines is 1. The number of carbonyl (C=O) groups is 1. The van der Waals surface area contributed by atoms with E-state index >= 15 is 0 Å². The van der Waals surface area contributed by atoms with Crippen molar-refractivity contribution in [3.63, 3.8) is 0 Å². The quantitative estimate of drug-likeness (QED) is 0.796. The molecule has 0 atom stereocenters. The smallest absolute Gasteiger partial charge is 0.277 e. The lowest BCUT2D eigenvalue weighted by Gasteiger charge is -2.05. The number of hydrogen-bond acceptors (Lipinski definition) is 7. The minimum absolute atomic E-state index is 0.137. The van der Waals surface area contributed by atoms with E-state index in [4.69, 9.17) is 21.3 Å². The predicted octanol–water partition coefficient (Wildman–Crippen LogP) is 3.19. The number of nitrogens with zero attached hydrogens (tertiary/aromatic N) is 3. The van der Waals surface area contributed by atoms with Gasteiger partial charge in [-0.25, -0.2) is 0 Å². The number of halogens is 1. The van der Waals surface area contributed by atoms with Gasteiger partial charge in [-0.3, -0.25) is 4.79 Å². The van der Waals surface area contributed by atoms with Crippen LogP contribution < -0.4 is 5.32 Å². The molecule has 6 nitrogen and oxygen atoms in total. The van der Waals surface area contributed by atoms with E-state index in [1.165, 1.54) is 6.07 Å². The van der Waals surface area contributed by atoms with Gasteiger partial charge in [-0.2, -0.15) is 17.0 Å². The molecular formula is C13H11ClN4O2S2. The van der Waals surface area contributed by atoms with Crippen molar-refractivity contribution in [1.82, 2.24) is 10.2 Å². The van der Waals surface area contributed by atoms with Crippen LogP contribution in [-0.4, -0.2) is 28.1 Å². The number of amides is 1. The second-order valence-electron chi connectivity index (χ2n) is 4.04. The second-order valence-corrected chi connectivity index (χ2v) is 6.24. The van der Waals surface area contributed by atoms with E-state index in [0.29, 0.717) is 33.1 Å². The Morgan fingerprint density at radius 1 is 1.50 bits per heavy atom. The maximum Gasteiger partial charge on any atom is 0.277 e. The summed E-state index contributed by atoms with van der Waals surface area (Å²) in [5.74, 6) is 1.09. The summed E-state index contributed by atoms with van der Waals surface area (Å²) in [6.07, 6.45) is 1.94. The zero-order chi connectivity index (χ0) is 15.9. The molecule has 22 heavy (non-hydrogen) atoms. The van der Waals surface area contributed by atoms with Crippen LogP contribution in [0, 0.1) is 11.3 Å². The van der Waals surface area contributed by atoms with Crippen molar-refractivity contribution >= 4 is 46.7 Å². The standard InChI is InChI=1S/C13H11ClN4O2S2/c1-21-7-12-17-18-13(20-12)22-6-11(19)16-9-3-2-8(5-15)10(14)4-9/h2-4H,6-7H2,1H3,(H,16,19). The Kier molecular flexibility index (Phi) is 6.12. The zero-order valence-electron chi connectivity index (χ0n) is 11.5. The van der Waals surface area contributed by atoms with Crippen LogP contribution in [0.25, 0.3) is 0 Å². The SMILES string of the molecule is CSCc1nnc(SCC(=O)Nc2ccc(C#N)c(Cl)c2)o1. The van der Waals surface area contributed by atoms with Crippen LogP contribution in [-0.2, 0) is 10.5 Å². The highest BCUT2D eigenvalue weighted by molar-refractivity contribution is 7.99. The molecule has 0 radical (unpaired) electrons. The highest BCUT2D eigenvalue weighted by Crippen LogP contribution is 2.21. The molecule has 2 aromatic rings. The van der Waals surface area contributed by atoms with Crippen molar-refractivity contribution in [2.24, 2.45) is 0 Å². The molecule has 0 unspecified atom stereocenters. The van der Waals surface area contributed by atoms with Crippen LogP contribution in [0.2, 0.25) is 5.02 Å². The van der Waals surface area contributed by atoms with Crippen LogP contribution in [0.1, 0.15) is 11.5 Å². The number of thioether (sulfide) groups is 2. The first-order valence-corrected chi connectivity index (χ1v) is 8.81. The molecule has 0 spiro atoms. The van der Waals surface area contributed by atoms with E-state index < -0.39 is 0 Å². The molecule has 0 bridgehead atoms. The monoisotopic (exact) mass is 354 g/mol. The Bertz CT molecular complexity index is 714. The molecule has 1 N–H and O–H groups in total. The zero-order valence-corrected chi connectivity index (χ0v) is 13.9. The fraction of sp³-hybridized carbons (Fsp3) is 0.231. The van der Waals surface area contributed by atoms with Crippen LogP contribution in [0.5, 0.6) is 0 Å². The van der Waals surface area contributed by atoms with Crippen LogP contribution in [0.3, 0.4) is 0 Å². The van der Waals surface area contributed by atoms with Crippen molar-refractivity contribution in [1.29, 1.82) is 5.26 Å². The van der Waals surface area contributed by atoms with Gasteiger partial charge in [0.15, 0.2) is 0 Å².